The van der Waals surface area contributed by atoms with Crippen molar-refractivity contribution in [3.05, 3.63) is 0 Å². The zero-order valence-electron chi connectivity index (χ0n) is 9.19. The molecule has 74 valence electrons. The van der Waals surface area contributed by atoms with Gasteiger partial charge in [-0.3, -0.25) is 0 Å². The van der Waals surface area contributed by atoms with E-state index in [4.69, 9.17) is 5.73 Å². The van der Waals surface area contributed by atoms with E-state index in [1.54, 1.807) is 0 Å². The molecular formula is C11H25N. The second-order valence-corrected chi connectivity index (χ2v) is 4.45. The van der Waals surface area contributed by atoms with Crippen LogP contribution in [-0.4, -0.2) is 5.54 Å². The molecule has 12 heavy (non-hydrogen) atoms. The highest BCUT2D eigenvalue weighted by molar-refractivity contribution is 4.81. The lowest BCUT2D eigenvalue weighted by Crippen LogP contribution is -2.40. The molecular weight excluding hydrogens is 146 g/mol. The van der Waals surface area contributed by atoms with Crippen LogP contribution in [0.25, 0.3) is 0 Å². The van der Waals surface area contributed by atoms with Gasteiger partial charge in [0.15, 0.2) is 0 Å². The molecule has 0 heterocycles. The number of hydrogen-bond donors (Lipinski definition) is 1. The Labute approximate surface area is 77.7 Å². The van der Waals surface area contributed by atoms with E-state index >= 15 is 0 Å². The highest BCUT2D eigenvalue weighted by atomic mass is 14.7. The molecule has 2 N–H and O–H groups in total. The van der Waals surface area contributed by atoms with Crippen molar-refractivity contribution in [3.8, 4) is 0 Å². The Morgan fingerprint density at radius 3 is 2.00 bits per heavy atom. The minimum absolute atomic E-state index is 0.0190. The Kier molecular flexibility index (Phi) is 5.56. The maximum atomic E-state index is 6.11. The van der Waals surface area contributed by atoms with Crippen LogP contribution in [0.5, 0.6) is 0 Å². The third-order valence-corrected chi connectivity index (χ3v) is 2.60. The van der Waals surface area contributed by atoms with Gasteiger partial charge in [-0.2, -0.15) is 0 Å². The summed E-state index contributed by atoms with van der Waals surface area (Å²) >= 11 is 0. The summed E-state index contributed by atoms with van der Waals surface area (Å²) in [4.78, 5) is 0. The molecule has 1 atom stereocenters. The Hall–Kier alpha value is -0.0400. The van der Waals surface area contributed by atoms with Crippen molar-refractivity contribution in [2.24, 2.45) is 11.7 Å². The first-order valence-electron chi connectivity index (χ1n) is 5.31. The zero-order chi connectivity index (χ0) is 9.61. The summed E-state index contributed by atoms with van der Waals surface area (Å²) in [7, 11) is 0. The van der Waals surface area contributed by atoms with Gasteiger partial charge in [-0.25, -0.2) is 0 Å². The monoisotopic (exact) mass is 171 g/mol. The van der Waals surface area contributed by atoms with E-state index in [0.29, 0.717) is 5.92 Å². The number of rotatable bonds is 6. The van der Waals surface area contributed by atoms with Crippen molar-refractivity contribution in [3.63, 3.8) is 0 Å². The van der Waals surface area contributed by atoms with Crippen LogP contribution in [0.3, 0.4) is 0 Å². The predicted octanol–water partition coefficient (Wildman–Crippen LogP) is 3.33. The molecule has 0 saturated heterocycles. The molecule has 0 aromatic carbocycles. The number of nitrogens with two attached hydrogens (primary N) is 1. The highest BCUT2D eigenvalue weighted by Gasteiger charge is 2.23. The first-order valence-corrected chi connectivity index (χ1v) is 5.31. The average molecular weight is 171 g/mol. The molecule has 1 unspecified atom stereocenters. The Morgan fingerprint density at radius 2 is 1.67 bits per heavy atom. The lowest BCUT2D eigenvalue weighted by molar-refractivity contribution is 0.275. The predicted molar refractivity (Wildman–Crippen MR) is 56.2 cm³/mol. The highest BCUT2D eigenvalue weighted by Crippen LogP contribution is 2.24. The number of unbranched alkanes of at least 4 members (excludes halogenated alkanes) is 1. The Balaban J connectivity index is 3.86. The van der Waals surface area contributed by atoms with Gasteiger partial charge < -0.3 is 5.73 Å². The van der Waals surface area contributed by atoms with Gasteiger partial charge in [0.1, 0.15) is 0 Å². The smallest absolute Gasteiger partial charge is 0.0125 e. The summed E-state index contributed by atoms with van der Waals surface area (Å²) in [6.07, 6.45) is 6.45. The van der Waals surface area contributed by atoms with E-state index in [-0.39, 0.29) is 5.54 Å². The number of hydrogen-bond acceptors (Lipinski definition) is 1. The van der Waals surface area contributed by atoms with Crippen molar-refractivity contribution in [2.75, 3.05) is 0 Å². The molecule has 0 rings (SSSR count). The van der Waals surface area contributed by atoms with Crippen LogP contribution < -0.4 is 5.73 Å². The Bertz CT molecular complexity index is 102. The molecule has 0 aliphatic rings. The molecule has 0 aromatic heterocycles. The van der Waals surface area contributed by atoms with Gasteiger partial charge in [0.25, 0.3) is 0 Å². The van der Waals surface area contributed by atoms with Gasteiger partial charge in [-0.1, -0.05) is 33.1 Å². The molecule has 1 heteroatoms. The van der Waals surface area contributed by atoms with Gasteiger partial charge in [-0.15, -0.1) is 0 Å². The molecule has 0 amide bonds. The van der Waals surface area contributed by atoms with Gasteiger partial charge in [-0.05, 0) is 32.6 Å². The summed E-state index contributed by atoms with van der Waals surface area (Å²) in [5.41, 5.74) is 6.13. The van der Waals surface area contributed by atoms with E-state index in [2.05, 4.69) is 27.7 Å². The van der Waals surface area contributed by atoms with E-state index in [1.807, 2.05) is 0 Å². The van der Waals surface area contributed by atoms with E-state index < -0.39 is 0 Å². The van der Waals surface area contributed by atoms with Crippen LogP contribution in [-0.2, 0) is 0 Å². The standard InChI is InChI=1S/C11H25N/c1-5-7-9-10(8-6-2)11(3,4)12/h10H,5-9,12H2,1-4H3. The fourth-order valence-corrected chi connectivity index (χ4v) is 1.69. The SMILES string of the molecule is CCCCC(CCC)C(C)(C)N. The van der Waals surface area contributed by atoms with Gasteiger partial charge in [0.2, 0.25) is 0 Å². The molecule has 0 aliphatic carbocycles. The van der Waals surface area contributed by atoms with Crippen molar-refractivity contribution < 1.29 is 0 Å². The summed E-state index contributed by atoms with van der Waals surface area (Å²) in [5, 5.41) is 0. The quantitative estimate of drug-likeness (QED) is 0.652. The Morgan fingerprint density at radius 1 is 1.08 bits per heavy atom. The molecule has 0 fully saturated rings. The van der Waals surface area contributed by atoms with Crippen LogP contribution in [0.4, 0.5) is 0 Å². The minimum Gasteiger partial charge on any atom is -0.325 e. The third-order valence-electron chi connectivity index (χ3n) is 2.60. The fourth-order valence-electron chi connectivity index (χ4n) is 1.69. The summed E-state index contributed by atoms with van der Waals surface area (Å²) in [6.45, 7) is 8.79. The average Bonchev–Trinajstić information content (AvgIpc) is 1.95. The van der Waals surface area contributed by atoms with Gasteiger partial charge in [0.05, 0.1) is 0 Å². The molecule has 0 bridgehead atoms. The van der Waals surface area contributed by atoms with Crippen LogP contribution >= 0.6 is 0 Å². The van der Waals surface area contributed by atoms with Crippen LogP contribution in [0.1, 0.15) is 59.8 Å². The second kappa shape index (κ2) is 5.58. The van der Waals surface area contributed by atoms with Crippen LogP contribution in [0, 0.1) is 5.92 Å². The summed E-state index contributed by atoms with van der Waals surface area (Å²) in [5.74, 6) is 0.711. The summed E-state index contributed by atoms with van der Waals surface area (Å²) < 4.78 is 0. The molecule has 0 radical (unpaired) electrons. The van der Waals surface area contributed by atoms with E-state index in [0.717, 1.165) is 0 Å². The van der Waals surface area contributed by atoms with Crippen molar-refractivity contribution in [2.45, 2.75) is 65.3 Å². The maximum absolute atomic E-state index is 6.11. The molecule has 1 nitrogen and oxygen atoms in total. The molecule has 0 spiro atoms. The largest absolute Gasteiger partial charge is 0.325 e. The molecule has 0 saturated carbocycles. The van der Waals surface area contributed by atoms with Gasteiger partial charge in [0, 0.05) is 5.54 Å². The van der Waals surface area contributed by atoms with Crippen LogP contribution in [0.15, 0.2) is 0 Å². The van der Waals surface area contributed by atoms with Crippen molar-refractivity contribution in [1.29, 1.82) is 0 Å². The van der Waals surface area contributed by atoms with Crippen molar-refractivity contribution >= 4 is 0 Å². The maximum Gasteiger partial charge on any atom is 0.0125 e. The first kappa shape index (κ1) is 12.0. The topological polar surface area (TPSA) is 26.0 Å². The summed E-state index contributed by atoms with van der Waals surface area (Å²) in [6, 6.07) is 0. The molecule has 0 aliphatic heterocycles. The minimum atomic E-state index is 0.0190. The van der Waals surface area contributed by atoms with E-state index in [1.165, 1.54) is 32.1 Å². The fraction of sp³-hybridized carbons (Fsp3) is 1.00. The van der Waals surface area contributed by atoms with Crippen LogP contribution in [0.2, 0.25) is 0 Å². The molecule has 0 aromatic rings. The third kappa shape index (κ3) is 4.76. The van der Waals surface area contributed by atoms with Gasteiger partial charge >= 0.3 is 0 Å². The van der Waals surface area contributed by atoms with Crippen molar-refractivity contribution in [1.82, 2.24) is 0 Å². The normalized spacial score (nSPS) is 14.8. The lowest BCUT2D eigenvalue weighted by Gasteiger charge is -2.30. The zero-order valence-corrected chi connectivity index (χ0v) is 9.19. The lowest BCUT2D eigenvalue weighted by atomic mass is 9.81. The van der Waals surface area contributed by atoms with E-state index in [9.17, 15) is 0 Å². The second-order valence-electron chi connectivity index (χ2n) is 4.45. The first-order chi connectivity index (χ1) is 5.52.